The van der Waals surface area contributed by atoms with Crippen LogP contribution in [0.5, 0.6) is 0 Å². The second kappa shape index (κ2) is 14.8. The van der Waals surface area contributed by atoms with Crippen molar-refractivity contribution < 1.29 is 26.3 Å². The van der Waals surface area contributed by atoms with Gasteiger partial charge in [-0.05, 0) is 128 Å². The summed E-state index contributed by atoms with van der Waals surface area (Å²) in [5.74, 6) is 0. The molecule has 0 saturated heterocycles. The number of hydrogen-bond acceptors (Lipinski definition) is 1. The van der Waals surface area contributed by atoms with Crippen LogP contribution in [0.4, 0.5) is 26.3 Å². The molecule has 0 amide bonds. The fourth-order valence-corrected chi connectivity index (χ4v) is 9.47. The maximum absolute atomic E-state index is 14.5. The zero-order valence-corrected chi connectivity index (χ0v) is 35.0. The first-order valence-corrected chi connectivity index (χ1v) is 20.7. The average Bonchev–Trinajstić information content (AvgIpc) is 3.76. The van der Waals surface area contributed by atoms with Crippen molar-refractivity contribution in [2.24, 2.45) is 0 Å². The summed E-state index contributed by atoms with van der Waals surface area (Å²) in [4.78, 5) is 0. The van der Waals surface area contributed by atoms with Crippen LogP contribution < -0.4 is 0 Å². The van der Waals surface area contributed by atoms with Crippen LogP contribution >= 0.6 is 0 Å². The maximum Gasteiger partial charge on any atom is 0.416 e. The second-order valence-corrected chi connectivity index (χ2v) is 16.7. The fourth-order valence-electron chi connectivity index (χ4n) is 9.47. The molecule has 3 nitrogen and oxygen atoms in total. The van der Waals surface area contributed by atoms with Crippen molar-refractivity contribution in [2.45, 2.75) is 40.0 Å². The first-order valence-electron chi connectivity index (χ1n) is 20.7. The summed E-state index contributed by atoms with van der Waals surface area (Å²) in [5, 5.41) is 14.8. The number of rotatable bonds is 5. The number of aryl methyl sites for hydroxylation is 4. The molecule has 9 heteroatoms. The Morgan fingerprint density at radius 1 is 0.375 bits per heavy atom. The SMILES string of the molecule is Cc1cc(C)cc(-c2ccc3c(c2)c2ccccc2n3-c2cc(-c3cc(C(F)(F)F)cc(C(F)(F)F)c3)cc(-n3c4ccccc4c4cc(-c5cc(C)cc(C)c5)ccc43)c2C#N)c1. The standard InChI is InChI=1S/C55H37F6N3/c1-31-17-32(2)20-37(19-31)35-13-15-50-45(25-35)43-9-5-7-11-48(43)63(50)52-27-40(39-23-41(54(56,57)58)29-42(24-39)55(59,60)61)28-53(47(52)30-62)64-49-12-8-6-10-44(49)46-26-36(14-16-51(46)64)38-21-33(3)18-34(4)22-38/h5-29H,1-4H3. The fraction of sp³-hybridized carbons (Fsp3) is 0.109. The van der Waals surface area contributed by atoms with E-state index in [0.717, 1.165) is 78.2 Å². The number of fused-ring (bicyclic) bond motifs is 6. The van der Waals surface area contributed by atoms with Gasteiger partial charge in [-0.2, -0.15) is 31.6 Å². The first kappa shape index (κ1) is 40.5. The van der Waals surface area contributed by atoms with Crippen molar-refractivity contribution in [3.05, 3.63) is 191 Å². The van der Waals surface area contributed by atoms with Gasteiger partial charge in [0.1, 0.15) is 11.6 Å². The summed E-state index contributed by atoms with van der Waals surface area (Å²) in [6.07, 6.45) is -10.1. The summed E-state index contributed by atoms with van der Waals surface area (Å²) in [5.41, 5.74) is 8.88. The van der Waals surface area contributed by atoms with Gasteiger partial charge in [0.25, 0.3) is 0 Å². The lowest BCUT2D eigenvalue weighted by Gasteiger charge is -2.20. The molecule has 2 heterocycles. The highest BCUT2D eigenvalue weighted by Crippen LogP contribution is 2.44. The summed E-state index contributed by atoms with van der Waals surface area (Å²) >= 11 is 0. The van der Waals surface area contributed by atoms with Gasteiger partial charge < -0.3 is 9.13 Å². The van der Waals surface area contributed by atoms with Crippen LogP contribution in [0.25, 0.3) is 88.4 Å². The van der Waals surface area contributed by atoms with Crippen LogP contribution in [0.15, 0.2) is 152 Å². The van der Waals surface area contributed by atoms with E-state index >= 15 is 0 Å². The minimum atomic E-state index is -5.07. The molecule has 0 unspecified atom stereocenters. The molecule has 0 bridgehead atoms. The monoisotopic (exact) mass is 853 g/mol. The van der Waals surface area contributed by atoms with E-state index in [1.165, 1.54) is 12.1 Å². The number of alkyl halides is 6. The maximum atomic E-state index is 14.5. The molecule has 0 atom stereocenters. The van der Waals surface area contributed by atoms with E-state index in [9.17, 15) is 31.6 Å². The zero-order valence-electron chi connectivity index (χ0n) is 35.0. The highest BCUT2D eigenvalue weighted by atomic mass is 19.4. The lowest BCUT2D eigenvalue weighted by molar-refractivity contribution is -0.143. The molecule has 64 heavy (non-hydrogen) atoms. The molecule has 0 fully saturated rings. The lowest BCUT2D eigenvalue weighted by Crippen LogP contribution is -2.11. The predicted molar refractivity (Wildman–Crippen MR) is 245 cm³/mol. The number of nitrogens with zero attached hydrogens (tertiary/aromatic N) is 3. The normalized spacial score (nSPS) is 12.2. The molecular formula is C55H37F6N3. The number of para-hydroxylation sites is 2. The molecule has 8 aromatic carbocycles. The molecule has 0 aliphatic carbocycles. The summed E-state index contributed by atoms with van der Waals surface area (Å²) in [6, 6.07) is 47.1. The molecule has 10 rings (SSSR count). The minimum Gasteiger partial charge on any atom is -0.308 e. The number of aromatic nitrogens is 2. The van der Waals surface area contributed by atoms with Crippen LogP contribution in [0, 0.1) is 39.0 Å². The van der Waals surface area contributed by atoms with Crippen molar-refractivity contribution >= 4 is 43.6 Å². The number of benzene rings is 8. The van der Waals surface area contributed by atoms with Gasteiger partial charge in [0.2, 0.25) is 0 Å². The van der Waals surface area contributed by atoms with E-state index in [0.29, 0.717) is 33.4 Å². The van der Waals surface area contributed by atoms with E-state index in [4.69, 9.17) is 0 Å². The summed E-state index contributed by atoms with van der Waals surface area (Å²) < 4.78 is 90.5. The minimum absolute atomic E-state index is 0.0659. The molecular weight excluding hydrogens is 817 g/mol. The Morgan fingerprint density at radius 2 is 0.734 bits per heavy atom. The smallest absolute Gasteiger partial charge is 0.308 e. The van der Waals surface area contributed by atoms with Crippen LogP contribution in [0.3, 0.4) is 0 Å². The Kier molecular flexibility index (Phi) is 9.35. The van der Waals surface area contributed by atoms with Gasteiger partial charge in [0.05, 0.1) is 44.6 Å². The van der Waals surface area contributed by atoms with Crippen molar-refractivity contribution in [3.8, 4) is 50.8 Å². The van der Waals surface area contributed by atoms with Gasteiger partial charge >= 0.3 is 12.4 Å². The Bertz CT molecular complexity index is 3330. The highest BCUT2D eigenvalue weighted by Gasteiger charge is 2.37. The molecule has 314 valence electrons. The third kappa shape index (κ3) is 6.87. The van der Waals surface area contributed by atoms with Crippen molar-refractivity contribution in [3.63, 3.8) is 0 Å². The second-order valence-electron chi connectivity index (χ2n) is 16.7. The highest BCUT2D eigenvalue weighted by molar-refractivity contribution is 6.12. The van der Waals surface area contributed by atoms with Gasteiger partial charge in [-0.25, -0.2) is 0 Å². The predicted octanol–water partition coefficient (Wildman–Crippen LogP) is 16.0. The number of halogens is 6. The quantitative estimate of drug-likeness (QED) is 0.159. The Labute approximate surface area is 364 Å². The van der Waals surface area contributed by atoms with E-state index in [-0.39, 0.29) is 22.8 Å². The molecule has 0 radical (unpaired) electrons. The van der Waals surface area contributed by atoms with Gasteiger partial charge in [0.15, 0.2) is 0 Å². The van der Waals surface area contributed by atoms with Gasteiger partial charge in [-0.3, -0.25) is 0 Å². The van der Waals surface area contributed by atoms with Crippen LogP contribution in [0.2, 0.25) is 0 Å². The average molecular weight is 854 g/mol. The van der Waals surface area contributed by atoms with Crippen molar-refractivity contribution in [1.82, 2.24) is 9.13 Å². The first-order chi connectivity index (χ1) is 30.5. The lowest BCUT2D eigenvalue weighted by atomic mass is 9.96. The molecule has 0 aliphatic rings. The van der Waals surface area contributed by atoms with Crippen LogP contribution in [-0.2, 0) is 12.4 Å². The Balaban J connectivity index is 1.32. The van der Waals surface area contributed by atoms with Crippen molar-refractivity contribution in [1.29, 1.82) is 5.26 Å². The largest absolute Gasteiger partial charge is 0.416 e. The molecule has 10 aromatic rings. The van der Waals surface area contributed by atoms with Crippen molar-refractivity contribution in [2.75, 3.05) is 0 Å². The van der Waals surface area contributed by atoms with Gasteiger partial charge in [-0.15, -0.1) is 0 Å². The molecule has 0 spiro atoms. The van der Waals surface area contributed by atoms with E-state index < -0.39 is 23.5 Å². The number of nitriles is 1. The van der Waals surface area contributed by atoms with Gasteiger partial charge in [0, 0.05) is 21.5 Å². The molecule has 0 aliphatic heterocycles. The summed E-state index contributed by atoms with van der Waals surface area (Å²) in [7, 11) is 0. The van der Waals surface area contributed by atoms with Crippen LogP contribution in [-0.4, -0.2) is 9.13 Å². The van der Waals surface area contributed by atoms with E-state index in [1.807, 2.05) is 110 Å². The third-order valence-electron chi connectivity index (χ3n) is 12.1. The van der Waals surface area contributed by atoms with Crippen LogP contribution in [0.1, 0.15) is 38.9 Å². The molecule has 2 aromatic heterocycles. The zero-order chi connectivity index (χ0) is 44.8. The summed E-state index contributed by atoms with van der Waals surface area (Å²) in [6.45, 7) is 8.16. The Morgan fingerprint density at radius 3 is 1.12 bits per heavy atom. The molecule has 0 N–H and O–H groups in total. The van der Waals surface area contributed by atoms with E-state index in [2.05, 4.69) is 54.6 Å². The number of hydrogen-bond donors (Lipinski definition) is 0. The Hall–Kier alpha value is -7.57. The molecule has 0 saturated carbocycles. The van der Waals surface area contributed by atoms with E-state index in [1.54, 1.807) is 0 Å². The van der Waals surface area contributed by atoms with Gasteiger partial charge in [-0.1, -0.05) is 107 Å². The third-order valence-corrected chi connectivity index (χ3v) is 12.1. The topological polar surface area (TPSA) is 33.6 Å².